The van der Waals surface area contributed by atoms with Gasteiger partial charge in [-0.2, -0.15) is 0 Å². The number of aliphatic hydroxyl groups excluding tert-OH is 1. The van der Waals surface area contributed by atoms with Crippen molar-refractivity contribution in [2.45, 2.75) is 44.8 Å². The first-order valence-electron chi connectivity index (χ1n) is 6.74. The fraction of sp³-hybridized carbons (Fsp3) is 0.600. The molecule has 1 aliphatic heterocycles. The summed E-state index contributed by atoms with van der Waals surface area (Å²) in [5, 5.41) is 10.4. The van der Waals surface area contributed by atoms with Crippen molar-refractivity contribution < 1.29 is 14.6 Å². The summed E-state index contributed by atoms with van der Waals surface area (Å²) >= 11 is 0. The van der Waals surface area contributed by atoms with Crippen LogP contribution in [0.15, 0.2) is 12.1 Å². The van der Waals surface area contributed by atoms with Gasteiger partial charge in [-0.3, -0.25) is 0 Å². The standard InChI is InChI=1S/C15H20O3/c1-9-6-11-7-14(17-2)12(8-13(11)18-9)15(16)10-4-3-5-10/h7-10,15-16H,3-6H2,1-2H3. The Morgan fingerprint density at radius 2 is 2.17 bits per heavy atom. The van der Waals surface area contributed by atoms with Gasteiger partial charge < -0.3 is 14.6 Å². The van der Waals surface area contributed by atoms with Gasteiger partial charge in [0.15, 0.2) is 0 Å². The summed E-state index contributed by atoms with van der Waals surface area (Å²) in [6.07, 6.45) is 4.17. The van der Waals surface area contributed by atoms with E-state index in [1.807, 2.05) is 12.1 Å². The Balaban J connectivity index is 1.95. The molecule has 98 valence electrons. The van der Waals surface area contributed by atoms with Gasteiger partial charge in [0, 0.05) is 17.5 Å². The lowest BCUT2D eigenvalue weighted by Crippen LogP contribution is -2.20. The zero-order valence-corrected chi connectivity index (χ0v) is 11.0. The highest BCUT2D eigenvalue weighted by atomic mass is 16.5. The quantitative estimate of drug-likeness (QED) is 0.894. The Kier molecular flexibility index (Phi) is 2.94. The van der Waals surface area contributed by atoms with E-state index in [0.29, 0.717) is 5.92 Å². The highest BCUT2D eigenvalue weighted by Crippen LogP contribution is 2.44. The molecule has 1 heterocycles. The third-order valence-electron chi connectivity index (χ3n) is 4.16. The van der Waals surface area contributed by atoms with Crippen LogP contribution in [0.1, 0.15) is 43.4 Å². The molecule has 0 spiro atoms. The lowest BCUT2D eigenvalue weighted by Gasteiger charge is -2.31. The fourth-order valence-corrected chi connectivity index (χ4v) is 2.87. The minimum absolute atomic E-state index is 0.223. The minimum Gasteiger partial charge on any atom is -0.496 e. The smallest absolute Gasteiger partial charge is 0.125 e. The SMILES string of the molecule is COc1cc2c(cc1C(O)C1CCC1)OC(C)C2. The summed E-state index contributed by atoms with van der Waals surface area (Å²) in [4.78, 5) is 0. The summed E-state index contributed by atoms with van der Waals surface area (Å²) in [5.74, 6) is 2.10. The van der Waals surface area contributed by atoms with E-state index in [-0.39, 0.29) is 6.10 Å². The average Bonchev–Trinajstić information content (AvgIpc) is 2.63. The first-order valence-corrected chi connectivity index (χ1v) is 6.74. The molecule has 1 aromatic carbocycles. The van der Waals surface area contributed by atoms with Gasteiger partial charge in [0.25, 0.3) is 0 Å². The van der Waals surface area contributed by atoms with E-state index >= 15 is 0 Å². The van der Waals surface area contributed by atoms with Crippen molar-refractivity contribution in [3.63, 3.8) is 0 Å². The summed E-state index contributed by atoms with van der Waals surface area (Å²) < 4.78 is 11.2. The molecule has 1 aliphatic carbocycles. The molecule has 1 fully saturated rings. The van der Waals surface area contributed by atoms with Gasteiger partial charge in [0.2, 0.25) is 0 Å². The molecule has 1 saturated carbocycles. The van der Waals surface area contributed by atoms with Crippen LogP contribution in [0.2, 0.25) is 0 Å². The molecule has 3 rings (SSSR count). The molecule has 1 N–H and O–H groups in total. The predicted molar refractivity (Wildman–Crippen MR) is 69.1 cm³/mol. The Hall–Kier alpha value is -1.22. The van der Waals surface area contributed by atoms with Crippen molar-refractivity contribution in [3.05, 3.63) is 23.3 Å². The molecule has 0 aromatic heterocycles. The maximum absolute atomic E-state index is 10.4. The van der Waals surface area contributed by atoms with E-state index < -0.39 is 6.10 Å². The van der Waals surface area contributed by atoms with Gasteiger partial charge >= 0.3 is 0 Å². The Morgan fingerprint density at radius 1 is 1.39 bits per heavy atom. The summed E-state index contributed by atoms with van der Waals surface area (Å²) in [5.41, 5.74) is 2.07. The molecular weight excluding hydrogens is 228 g/mol. The van der Waals surface area contributed by atoms with Crippen LogP contribution in [0.4, 0.5) is 0 Å². The first kappa shape index (κ1) is 11.8. The summed E-state index contributed by atoms with van der Waals surface area (Å²) in [7, 11) is 1.66. The van der Waals surface area contributed by atoms with E-state index in [1.165, 1.54) is 12.0 Å². The molecule has 0 radical (unpaired) electrons. The maximum Gasteiger partial charge on any atom is 0.125 e. The molecule has 0 saturated heterocycles. The molecule has 1 aromatic rings. The number of ether oxygens (including phenoxy) is 2. The number of rotatable bonds is 3. The van der Waals surface area contributed by atoms with Crippen LogP contribution in [-0.2, 0) is 6.42 Å². The number of fused-ring (bicyclic) bond motifs is 1. The highest BCUT2D eigenvalue weighted by Gasteiger charge is 2.31. The Labute approximate surface area is 108 Å². The van der Waals surface area contributed by atoms with Crippen LogP contribution in [0.25, 0.3) is 0 Å². The number of hydrogen-bond acceptors (Lipinski definition) is 3. The van der Waals surface area contributed by atoms with Crippen LogP contribution in [0.5, 0.6) is 11.5 Å². The van der Waals surface area contributed by atoms with E-state index in [1.54, 1.807) is 7.11 Å². The average molecular weight is 248 g/mol. The third-order valence-corrected chi connectivity index (χ3v) is 4.16. The summed E-state index contributed by atoms with van der Waals surface area (Å²) in [6.45, 7) is 2.06. The lowest BCUT2D eigenvalue weighted by atomic mass is 9.78. The largest absolute Gasteiger partial charge is 0.496 e. The third kappa shape index (κ3) is 1.87. The van der Waals surface area contributed by atoms with Crippen LogP contribution in [0.3, 0.4) is 0 Å². The fourth-order valence-electron chi connectivity index (χ4n) is 2.87. The van der Waals surface area contributed by atoms with E-state index in [2.05, 4.69) is 6.92 Å². The van der Waals surface area contributed by atoms with E-state index in [9.17, 15) is 5.11 Å². The second-order valence-electron chi connectivity index (χ2n) is 5.47. The monoisotopic (exact) mass is 248 g/mol. The number of aliphatic hydroxyl groups is 1. The van der Waals surface area contributed by atoms with Gasteiger partial charge in [0.05, 0.1) is 13.2 Å². The van der Waals surface area contributed by atoms with Crippen molar-refractivity contribution in [3.8, 4) is 11.5 Å². The molecule has 2 aliphatic rings. The van der Waals surface area contributed by atoms with Gasteiger partial charge in [-0.05, 0) is 37.8 Å². The molecule has 2 unspecified atom stereocenters. The van der Waals surface area contributed by atoms with Crippen LogP contribution >= 0.6 is 0 Å². The van der Waals surface area contributed by atoms with E-state index in [4.69, 9.17) is 9.47 Å². The lowest BCUT2D eigenvalue weighted by molar-refractivity contribution is 0.0598. The first-order chi connectivity index (χ1) is 8.69. The molecule has 3 nitrogen and oxygen atoms in total. The van der Waals surface area contributed by atoms with Gasteiger partial charge in [0.1, 0.15) is 17.6 Å². The Morgan fingerprint density at radius 3 is 2.78 bits per heavy atom. The predicted octanol–water partition coefficient (Wildman–Crippen LogP) is 2.85. The van der Waals surface area contributed by atoms with Gasteiger partial charge in [-0.25, -0.2) is 0 Å². The second kappa shape index (κ2) is 4.47. The second-order valence-corrected chi connectivity index (χ2v) is 5.47. The number of methoxy groups -OCH3 is 1. The van der Waals surface area contributed by atoms with Crippen molar-refractivity contribution in [2.24, 2.45) is 5.92 Å². The van der Waals surface area contributed by atoms with Crippen molar-refractivity contribution in [1.29, 1.82) is 0 Å². The maximum atomic E-state index is 10.4. The Bertz CT molecular complexity index is 451. The normalized spacial score (nSPS) is 24.1. The molecule has 2 atom stereocenters. The van der Waals surface area contributed by atoms with Crippen LogP contribution in [-0.4, -0.2) is 18.3 Å². The molecule has 3 heteroatoms. The molecule has 0 amide bonds. The van der Waals surface area contributed by atoms with Gasteiger partial charge in [-0.1, -0.05) is 6.42 Å². The highest BCUT2D eigenvalue weighted by molar-refractivity contribution is 5.49. The van der Waals surface area contributed by atoms with Crippen molar-refractivity contribution >= 4 is 0 Å². The van der Waals surface area contributed by atoms with Crippen molar-refractivity contribution in [1.82, 2.24) is 0 Å². The zero-order chi connectivity index (χ0) is 12.7. The van der Waals surface area contributed by atoms with Crippen molar-refractivity contribution in [2.75, 3.05) is 7.11 Å². The van der Waals surface area contributed by atoms with Crippen LogP contribution < -0.4 is 9.47 Å². The topological polar surface area (TPSA) is 38.7 Å². The molecule has 18 heavy (non-hydrogen) atoms. The molecular formula is C15H20O3. The van der Waals surface area contributed by atoms with Crippen LogP contribution in [0, 0.1) is 5.92 Å². The zero-order valence-electron chi connectivity index (χ0n) is 11.0. The minimum atomic E-state index is -0.418. The molecule has 0 bridgehead atoms. The van der Waals surface area contributed by atoms with E-state index in [0.717, 1.165) is 36.3 Å². The number of hydrogen-bond donors (Lipinski definition) is 1. The summed E-state index contributed by atoms with van der Waals surface area (Å²) in [6, 6.07) is 4.00. The number of benzene rings is 1. The van der Waals surface area contributed by atoms with Gasteiger partial charge in [-0.15, -0.1) is 0 Å².